The molecule has 1 aromatic carbocycles. The molecule has 0 aromatic heterocycles. The molecule has 0 aliphatic rings. The minimum atomic E-state index is 0.163. The minimum absolute atomic E-state index is 0.163. The van der Waals surface area contributed by atoms with Crippen molar-refractivity contribution in [1.82, 2.24) is 0 Å². The maximum Gasteiger partial charge on any atom is 0.122 e. The maximum absolute atomic E-state index is 9.29. The fraction of sp³-hybridized carbons (Fsp3) is 0.647. The largest absolute Gasteiger partial charge is 0.493 e. The summed E-state index contributed by atoms with van der Waals surface area (Å²) < 4.78 is 5.76. The third-order valence-electron chi connectivity index (χ3n) is 4.05. The summed E-state index contributed by atoms with van der Waals surface area (Å²) >= 11 is 0. The van der Waals surface area contributed by atoms with E-state index in [-0.39, 0.29) is 12.5 Å². The Kier molecular flexibility index (Phi) is 7.03. The Morgan fingerprint density at radius 2 is 1.95 bits per heavy atom. The van der Waals surface area contributed by atoms with Crippen LogP contribution in [-0.4, -0.2) is 24.9 Å². The van der Waals surface area contributed by atoms with E-state index in [1.807, 2.05) is 0 Å². The molecule has 3 heteroatoms. The van der Waals surface area contributed by atoms with E-state index in [4.69, 9.17) is 10.5 Å². The zero-order chi connectivity index (χ0) is 15.1. The molecule has 3 N–H and O–H groups in total. The van der Waals surface area contributed by atoms with Crippen LogP contribution in [0, 0.1) is 19.8 Å². The molecule has 2 atom stereocenters. The fourth-order valence-corrected chi connectivity index (χ4v) is 2.59. The number of ether oxygens (including phenoxy) is 1. The van der Waals surface area contributed by atoms with Crippen LogP contribution in [0.4, 0.5) is 0 Å². The number of nitrogens with two attached hydrogens (primary N) is 1. The highest BCUT2D eigenvalue weighted by Crippen LogP contribution is 2.31. The van der Waals surface area contributed by atoms with Gasteiger partial charge in [0.05, 0.1) is 6.61 Å². The van der Waals surface area contributed by atoms with Crippen LogP contribution in [0.5, 0.6) is 5.75 Å². The van der Waals surface area contributed by atoms with E-state index in [2.05, 4.69) is 39.8 Å². The molecule has 1 rings (SSSR count). The molecule has 2 unspecified atom stereocenters. The van der Waals surface area contributed by atoms with E-state index in [1.54, 1.807) is 0 Å². The van der Waals surface area contributed by atoms with Crippen molar-refractivity contribution in [2.24, 2.45) is 11.7 Å². The van der Waals surface area contributed by atoms with Crippen LogP contribution in [0.15, 0.2) is 12.1 Å². The smallest absolute Gasteiger partial charge is 0.122 e. The average Bonchev–Trinajstić information content (AvgIpc) is 2.46. The van der Waals surface area contributed by atoms with Gasteiger partial charge in [0.2, 0.25) is 0 Å². The van der Waals surface area contributed by atoms with Crippen LogP contribution in [-0.2, 0) is 0 Å². The van der Waals surface area contributed by atoms with Gasteiger partial charge in [-0.05, 0) is 67.8 Å². The van der Waals surface area contributed by atoms with Crippen molar-refractivity contribution in [3.05, 3.63) is 28.8 Å². The highest BCUT2D eigenvalue weighted by Gasteiger charge is 2.16. The molecule has 0 saturated heterocycles. The van der Waals surface area contributed by atoms with Crippen LogP contribution in [0.1, 0.15) is 49.3 Å². The second-order valence-electron chi connectivity index (χ2n) is 5.67. The summed E-state index contributed by atoms with van der Waals surface area (Å²) in [6, 6.07) is 4.23. The van der Waals surface area contributed by atoms with Gasteiger partial charge in [-0.1, -0.05) is 19.9 Å². The standard InChI is InChI=1S/C17H29NO2/c1-5-8-20-17-7-6-16(13(3)14(17)4)12(2)9-15(10-18)11-19/h6-7,12,15,19H,5,8-11,18H2,1-4H3. The van der Waals surface area contributed by atoms with Crippen molar-refractivity contribution < 1.29 is 9.84 Å². The van der Waals surface area contributed by atoms with Crippen molar-refractivity contribution in [3.8, 4) is 5.75 Å². The van der Waals surface area contributed by atoms with Gasteiger partial charge < -0.3 is 15.6 Å². The Morgan fingerprint density at radius 1 is 1.25 bits per heavy atom. The highest BCUT2D eigenvalue weighted by atomic mass is 16.5. The molecule has 0 spiro atoms. The SMILES string of the molecule is CCCOc1ccc(C(C)CC(CN)CO)c(C)c1C. The molecule has 1 aromatic rings. The van der Waals surface area contributed by atoms with E-state index >= 15 is 0 Å². The molecule has 0 aliphatic carbocycles. The highest BCUT2D eigenvalue weighted by molar-refractivity contribution is 5.44. The van der Waals surface area contributed by atoms with Crippen molar-refractivity contribution in [3.63, 3.8) is 0 Å². The number of aliphatic hydroxyl groups excluding tert-OH is 1. The molecular formula is C17H29NO2. The predicted octanol–water partition coefficient (Wildman–Crippen LogP) is 3.15. The van der Waals surface area contributed by atoms with Gasteiger partial charge in [0.1, 0.15) is 5.75 Å². The second kappa shape index (κ2) is 8.28. The van der Waals surface area contributed by atoms with Crippen LogP contribution in [0.2, 0.25) is 0 Å². The summed E-state index contributed by atoms with van der Waals surface area (Å²) in [5.41, 5.74) is 9.52. The van der Waals surface area contributed by atoms with Crippen molar-refractivity contribution >= 4 is 0 Å². The third kappa shape index (κ3) is 4.22. The zero-order valence-electron chi connectivity index (χ0n) is 13.3. The first-order valence-corrected chi connectivity index (χ1v) is 7.58. The Hall–Kier alpha value is -1.06. The molecule has 0 heterocycles. The van der Waals surface area contributed by atoms with Crippen molar-refractivity contribution in [2.75, 3.05) is 19.8 Å². The normalized spacial score (nSPS) is 14.1. The van der Waals surface area contributed by atoms with Crippen LogP contribution in [0.25, 0.3) is 0 Å². The second-order valence-corrected chi connectivity index (χ2v) is 5.67. The van der Waals surface area contributed by atoms with Gasteiger partial charge in [-0.3, -0.25) is 0 Å². The Bertz CT molecular complexity index is 414. The molecule has 0 fully saturated rings. The van der Waals surface area contributed by atoms with E-state index in [9.17, 15) is 5.11 Å². The molecule has 3 nitrogen and oxygen atoms in total. The first-order chi connectivity index (χ1) is 9.54. The molecule has 0 aliphatic heterocycles. The van der Waals surface area contributed by atoms with Crippen LogP contribution in [0.3, 0.4) is 0 Å². The molecule has 20 heavy (non-hydrogen) atoms. The number of hydrogen-bond donors (Lipinski definition) is 2. The van der Waals surface area contributed by atoms with Crippen LogP contribution >= 0.6 is 0 Å². The van der Waals surface area contributed by atoms with Crippen molar-refractivity contribution in [1.29, 1.82) is 0 Å². The van der Waals surface area contributed by atoms with Crippen molar-refractivity contribution in [2.45, 2.75) is 46.5 Å². The Balaban J connectivity index is 2.88. The molecule has 114 valence electrons. The van der Waals surface area contributed by atoms with Gasteiger partial charge in [0, 0.05) is 6.61 Å². The third-order valence-corrected chi connectivity index (χ3v) is 4.05. The minimum Gasteiger partial charge on any atom is -0.493 e. The summed E-state index contributed by atoms with van der Waals surface area (Å²) in [5, 5.41) is 9.29. The Labute approximate surface area is 123 Å². The van der Waals surface area contributed by atoms with Gasteiger partial charge in [-0.25, -0.2) is 0 Å². The lowest BCUT2D eigenvalue weighted by molar-refractivity contribution is 0.217. The van der Waals surface area contributed by atoms with E-state index in [0.29, 0.717) is 12.5 Å². The summed E-state index contributed by atoms with van der Waals surface area (Å²) in [6.07, 6.45) is 1.94. The number of aliphatic hydroxyl groups is 1. The van der Waals surface area contributed by atoms with Gasteiger partial charge in [-0.2, -0.15) is 0 Å². The summed E-state index contributed by atoms with van der Waals surface area (Å²) in [7, 11) is 0. The lowest BCUT2D eigenvalue weighted by Crippen LogP contribution is -2.20. The average molecular weight is 279 g/mol. The topological polar surface area (TPSA) is 55.5 Å². The van der Waals surface area contributed by atoms with Gasteiger partial charge in [-0.15, -0.1) is 0 Å². The number of rotatable bonds is 8. The fourth-order valence-electron chi connectivity index (χ4n) is 2.59. The molecule has 0 saturated carbocycles. The summed E-state index contributed by atoms with van der Waals surface area (Å²) in [4.78, 5) is 0. The lowest BCUT2D eigenvalue weighted by atomic mass is 9.86. The van der Waals surface area contributed by atoms with Gasteiger partial charge in [0.15, 0.2) is 0 Å². The Morgan fingerprint density at radius 3 is 2.50 bits per heavy atom. The summed E-state index contributed by atoms with van der Waals surface area (Å²) in [6.45, 7) is 10.0. The molecule has 0 amide bonds. The molecule has 0 radical (unpaired) electrons. The van der Waals surface area contributed by atoms with E-state index in [0.717, 1.165) is 25.2 Å². The van der Waals surface area contributed by atoms with Crippen LogP contribution < -0.4 is 10.5 Å². The molecule has 0 bridgehead atoms. The zero-order valence-corrected chi connectivity index (χ0v) is 13.3. The summed E-state index contributed by atoms with van der Waals surface area (Å²) in [5.74, 6) is 1.56. The molecular weight excluding hydrogens is 250 g/mol. The predicted molar refractivity (Wildman–Crippen MR) is 84.4 cm³/mol. The van der Waals surface area contributed by atoms with Gasteiger partial charge >= 0.3 is 0 Å². The first-order valence-electron chi connectivity index (χ1n) is 7.58. The van der Waals surface area contributed by atoms with E-state index in [1.165, 1.54) is 16.7 Å². The lowest BCUT2D eigenvalue weighted by Gasteiger charge is -2.22. The number of hydrogen-bond acceptors (Lipinski definition) is 3. The monoisotopic (exact) mass is 279 g/mol. The number of benzene rings is 1. The first kappa shape index (κ1) is 17.0. The quantitative estimate of drug-likeness (QED) is 0.768. The van der Waals surface area contributed by atoms with E-state index < -0.39 is 0 Å². The maximum atomic E-state index is 9.29. The van der Waals surface area contributed by atoms with Gasteiger partial charge in [0.25, 0.3) is 0 Å².